The molecule has 0 saturated heterocycles. The minimum atomic E-state index is -0.436. The molecule has 0 saturated carbocycles. The van der Waals surface area contributed by atoms with Crippen LogP contribution in [0.2, 0.25) is 0 Å². The van der Waals surface area contributed by atoms with Crippen molar-refractivity contribution >= 4 is 33.5 Å². The van der Waals surface area contributed by atoms with Gasteiger partial charge in [0, 0.05) is 10.5 Å². The Hall–Kier alpha value is -1.53. The average molecular weight is 355 g/mol. The van der Waals surface area contributed by atoms with Gasteiger partial charge in [0.05, 0.1) is 16.5 Å². The van der Waals surface area contributed by atoms with Gasteiger partial charge in [-0.2, -0.15) is 0 Å². The lowest BCUT2D eigenvalue weighted by Crippen LogP contribution is -2.12. The van der Waals surface area contributed by atoms with E-state index in [1.165, 1.54) is 11.8 Å². The predicted octanol–water partition coefficient (Wildman–Crippen LogP) is 4.03. The molecular formula is C14H12BrFN2OS. The quantitative estimate of drug-likeness (QED) is 0.643. The third-order valence-electron chi connectivity index (χ3n) is 2.63. The van der Waals surface area contributed by atoms with E-state index in [-0.39, 0.29) is 10.3 Å². The minimum absolute atomic E-state index is 0.176. The summed E-state index contributed by atoms with van der Waals surface area (Å²) in [5.41, 5.74) is 5.73. The molecule has 2 aromatic rings. The van der Waals surface area contributed by atoms with E-state index in [0.717, 1.165) is 4.90 Å². The lowest BCUT2D eigenvalue weighted by molar-refractivity contribution is 0.405. The Kier molecular flexibility index (Phi) is 4.67. The molecule has 6 heteroatoms. The maximum absolute atomic E-state index is 14.3. The van der Waals surface area contributed by atoms with E-state index in [9.17, 15) is 4.39 Å². The normalized spacial score (nSPS) is 10.3. The van der Waals surface area contributed by atoms with Gasteiger partial charge in [-0.05, 0) is 40.2 Å². The van der Waals surface area contributed by atoms with Crippen LogP contribution in [0.5, 0.6) is 5.75 Å². The van der Waals surface area contributed by atoms with Crippen molar-refractivity contribution in [2.75, 3.05) is 7.11 Å². The molecular weight excluding hydrogens is 343 g/mol. The van der Waals surface area contributed by atoms with Gasteiger partial charge in [0.15, 0.2) is 5.82 Å². The zero-order valence-electron chi connectivity index (χ0n) is 10.6. The fourth-order valence-electron chi connectivity index (χ4n) is 1.64. The predicted molar refractivity (Wildman–Crippen MR) is 82.2 cm³/mol. The van der Waals surface area contributed by atoms with Crippen molar-refractivity contribution in [3.63, 3.8) is 0 Å². The van der Waals surface area contributed by atoms with E-state index in [1.807, 2.05) is 24.3 Å². The van der Waals surface area contributed by atoms with Gasteiger partial charge in [0.1, 0.15) is 11.6 Å². The number of para-hydroxylation sites is 1. The van der Waals surface area contributed by atoms with Gasteiger partial charge in [-0.25, -0.2) is 4.39 Å². The van der Waals surface area contributed by atoms with E-state index in [4.69, 9.17) is 15.9 Å². The van der Waals surface area contributed by atoms with Gasteiger partial charge >= 0.3 is 0 Å². The highest BCUT2D eigenvalue weighted by Gasteiger charge is 2.15. The number of nitrogen functional groups attached to an aromatic ring is 1. The Bertz CT molecular complexity index is 664. The topological polar surface area (TPSA) is 59.1 Å². The first-order chi connectivity index (χ1) is 9.54. The minimum Gasteiger partial charge on any atom is -0.496 e. The number of rotatable bonds is 4. The molecule has 2 aromatic carbocycles. The van der Waals surface area contributed by atoms with Crippen LogP contribution in [0.15, 0.2) is 50.7 Å². The molecule has 0 atom stereocenters. The van der Waals surface area contributed by atoms with Gasteiger partial charge in [0.2, 0.25) is 0 Å². The third-order valence-corrected chi connectivity index (χ3v) is 4.49. The van der Waals surface area contributed by atoms with E-state index in [0.29, 0.717) is 16.2 Å². The summed E-state index contributed by atoms with van der Waals surface area (Å²) in [5, 5.41) is 7.38. The van der Waals surface area contributed by atoms with Gasteiger partial charge in [-0.15, -0.1) is 0 Å². The number of hydrogen-bond donors (Lipinski definition) is 2. The highest BCUT2D eigenvalue weighted by atomic mass is 79.9. The SMILES string of the molecule is COc1ccccc1Sc1ccc(C(=N)N)c(Br)c1F. The van der Waals surface area contributed by atoms with Gasteiger partial charge in [-0.1, -0.05) is 23.9 Å². The second-order valence-electron chi connectivity index (χ2n) is 3.91. The van der Waals surface area contributed by atoms with E-state index in [2.05, 4.69) is 15.9 Å². The van der Waals surface area contributed by atoms with Crippen LogP contribution in [-0.4, -0.2) is 12.9 Å². The zero-order chi connectivity index (χ0) is 14.7. The van der Waals surface area contributed by atoms with Crippen LogP contribution in [-0.2, 0) is 0 Å². The maximum Gasteiger partial charge on any atom is 0.152 e. The lowest BCUT2D eigenvalue weighted by atomic mass is 10.2. The molecule has 0 unspecified atom stereocenters. The average Bonchev–Trinajstić information content (AvgIpc) is 2.44. The molecule has 0 heterocycles. The molecule has 0 aliphatic heterocycles. The number of amidine groups is 1. The van der Waals surface area contributed by atoms with Crippen LogP contribution < -0.4 is 10.5 Å². The molecule has 3 N–H and O–H groups in total. The molecule has 3 nitrogen and oxygen atoms in total. The summed E-state index contributed by atoms with van der Waals surface area (Å²) in [5.74, 6) is 0.0712. The Labute approximate surface area is 129 Å². The van der Waals surface area contributed by atoms with Crippen LogP contribution >= 0.6 is 27.7 Å². The lowest BCUT2D eigenvalue weighted by Gasteiger charge is -2.10. The monoisotopic (exact) mass is 354 g/mol. The second kappa shape index (κ2) is 6.28. The molecule has 0 amide bonds. The summed E-state index contributed by atoms with van der Waals surface area (Å²) >= 11 is 4.40. The highest BCUT2D eigenvalue weighted by Crippen LogP contribution is 2.38. The molecule has 0 aliphatic carbocycles. The van der Waals surface area contributed by atoms with Crippen LogP contribution in [0, 0.1) is 11.2 Å². The fraction of sp³-hybridized carbons (Fsp3) is 0.0714. The zero-order valence-corrected chi connectivity index (χ0v) is 13.0. The summed E-state index contributed by atoms with van der Waals surface area (Å²) in [6.07, 6.45) is 0. The molecule has 0 spiro atoms. The molecule has 20 heavy (non-hydrogen) atoms. The van der Waals surface area contributed by atoms with Gasteiger partial charge in [-0.3, -0.25) is 5.41 Å². The summed E-state index contributed by atoms with van der Waals surface area (Å²) in [6.45, 7) is 0. The number of benzene rings is 2. The van der Waals surface area contributed by atoms with Crippen molar-refractivity contribution in [2.24, 2.45) is 5.73 Å². The van der Waals surface area contributed by atoms with Crippen molar-refractivity contribution in [1.82, 2.24) is 0 Å². The Morgan fingerprint density at radius 2 is 1.95 bits per heavy atom. The van der Waals surface area contributed by atoms with E-state index >= 15 is 0 Å². The van der Waals surface area contributed by atoms with Crippen molar-refractivity contribution in [2.45, 2.75) is 9.79 Å². The molecule has 0 bridgehead atoms. The fourth-order valence-corrected chi connectivity index (χ4v) is 3.29. The Balaban J connectivity index is 2.40. The number of hydrogen-bond acceptors (Lipinski definition) is 3. The molecule has 104 valence electrons. The molecule has 2 rings (SSSR count). The molecule has 0 aromatic heterocycles. The number of nitrogens with one attached hydrogen (secondary N) is 1. The van der Waals surface area contributed by atoms with Crippen molar-refractivity contribution < 1.29 is 9.13 Å². The number of ether oxygens (including phenoxy) is 1. The van der Waals surface area contributed by atoms with E-state index < -0.39 is 5.82 Å². The summed E-state index contributed by atoms with van der Waals surface area (Å²) in [6, 6.07) is 10.6. The standard InChI is InChI=1S/C14H12BrFN2OS/c1-19-9-4-2-3-5-10(9)20-11-7-6-8(14(17)18)12(15)13(11)16/h2-7H,1H3,(H3,17,18). The van der Waals surface area contributed by atoms with Crippen molar-refractivity contribution in [1.29, 1.82) is 5.41 Å². The summed E-state index contributed by atoms with van der Waals surface area (Å²) < 4.78 is 19.7. The smallest absolute Gasteiger partial charge is 0.152 e. The first-order valence-electron chi connectivity index (χ1n) is 5.68. The van der Waals surface area contributed by atoms with Crippen LogP contribution in [0.1, 0.15) is 5.56 Å². The summed E-state index contributed by atoms with van der Waals surface area (Å²) in [7, 11) is 1.57. The Morgan fingerprint density at radius 3 is 2.60 bits per heavy atom. The number of nitrogens with two attached hydrogens (primary N) is 1. The molecule has 0 fully saturated rings. The third kappa shape index (κ3) is 2.96. The first kappa shape index (κ1) is 14.9. The first-order valence-corrected chi connectivity index (χ1v) is 7.28. The number of halogens is 2. The summed E-state index contributed by atoms with van der Waals surface area (Å²) in [4.78, 5) is 1.25. The second-order valence-corrected chi connectivity index (χ2v) is 5.78. The number of methoxy groups -OCH3 is 1. The molecule has 0 aliphatic rings. The van der Waals surface area contributed by atoms with E-state index in [1.54, 1.807) is 19.2 Å². The van der Waals surface area contributed by atoms with Crippen molar-refractivity contribution in [3.8, 4) is 5.75 Å². The Morgan fingerprint density at radius 1 is 1.25 bits per heavy atom. The molecule has 0 radical (unpaired) electrons. The van der Waals surface area contributed by atoms with Gasteiger partial charge in [0.25, 0.3) is 0 Å². The largest absolute Gasteiger partial charge is 0.496 e. The maximum atomic E-state index is 14.3. The van der Waals surface area contributed by atoms with Crippen LogP contribution in [0.25, 0.3) is 0 Å². The highest BCUT2D eigenvalue weighted by molar-refractivity contribution is 9.10. The van der Waals surface area contributed by atoms with Gasteiger partial charge < -0.3 is 10.5 Å². The van der Waals surface area contributed by atoms with Crippen molar-refractivity contribution in [3.05, 3.63) is 52.3 Å². The van der Waals surface area contributed by atoms with Crippen LogP contribution in [0.3, 0.4) is 0 Å². The van der Waals surface area contributed by atoms with Crippen LogP contribution in [0.4, 0.5) is 4.39 Å².